The topological polar surface area (TPSA) is 118 Å². The summed E-state index contributed by atoms with van der Waals surface area (Å²) in [6.07, 6.45) is 3.99. The van der Waals surface area contributed by atoms with Gasteiger partial charge in [0.1, 0.15) is 0 Å². The third-order valence-electron chi connectivity index (χ3n) is 3.25. The Morgan fingerprint density at radius 2 is 1.83 bits per heavy atom. The molecule has 1 aromatic heterocycles. The first-order valence-corrected chi connectivity index (χ1v) is 6.97. The summed E-state index contributed by atoms with van der Waals surface area (Å²) in [4.78, 5) is 12.1. The third kappa shape index (κ3) is 3.22. The number of nitrogens with zero attached hydrogens (tertiary/aromatic N) is 6. The summed E-state index contributed by atoms with van der Waals surface area (Å²) >= 11 is 0. The maximum Gasteiger partial charge on any atom is 0.268 e. The lowest BCUT2D eigenvalue weighted by atomic mass is 10.1. The second kappa shape index (κ2) is 6.32. The average molecular weight is 308 g/mol. The predicted molar refractivity (Wildman–Crippen MR) is 87.1 cm³/mol. The summed E-state index contributed by atoms with van der Waals surface area (Å²) in [6, 6.07) is 9.58. The summed E-state index contributed by atoms with van der Waals surface area (Å²) in [5.74, 6) is 6.38. The van der Waals surface area contributed by atoms with Gasteiger partial charge in [-0.2, -0.15) is 0 Å². The zero-order valence-electron chi connectivity index (χ0n) is 12.5. The van der Waals surface area contributed by atoms with Gasteiger partial charge in [0.25, 0.3) is 5.95 Å². The number of aromatic nitrogens is 2. The second-order valence-corrected chi connectivity index (χ2v) is 4.97. The monoisotopic (exact) mass is 308 g/mol. The van der Waals surface area contributed by atoms with E-state index in [1.807, 2.05) is 31.2 Å². The third-order valence-corrected chi connectivity index (χ3v) is 3.25. The van der Waals surface area contributed by atoms with E-state index in [-0.39, 0.29) is 5.95 Å². The molecule has 116 valence electrons. The Bertz CT molecular complexity index is 764. The molecule has 23 heavy (non-hydrogen) atoms. The number of hydrogen-bond acceptors (Lipinski definition) is 8. The van der Waals surface area contributed by atoms with Crippen LogP contribution in [0.2, 0.25) is 0 Å². The Labute approximate surface area is 133 Å². The molecule has 0 aliphatic carbocycles. The molecule has 1 aliphatic rings. The van der Waals surface area contributed by atoms with Gasteiger partial charge in [0.15, 0.2) is 0 Å². The normalized spacial score (nSPS) is 18.0. The van der Waals surface area contributed by atoms with E-state index in [0.717, 1.165) is 11.1 Å². The molecule has 8 nitrogen and oxygen atoms in total. The maximum absolute atomic E-state index is 6.14. The lowest BCUT2D eigenvalue weighted by Crippen LogP contribution is -2.41. The maximum atomic E-state index is 6.14. The zero-order valence-corrected chi connectivity index (χ0v) is 12.5. The SMILES string of the molecule is Cc1ccc(C2=C(N)C=NC(N=Nc3ncccn3)N2N)cc1. The van der Waals surface area contributed by atoms with Crippen molar-refractivity contribution in [3.63, 3.8) is 0 Å². The molecule has 0 amide bonds. The Balaban J connectivity index is 1.86. The molecule has 1 unspecified atom stereocenters. The van der Waals surface area contributed by atoms with Crippen molar-refractivity contribution in [2.45, 2.75) is 13.2 Å². The fraction of sp³-hybridized carbons (Fsp3) is 0.133. The van der Waals surface area contributed by atoms with Crippen molar-refractivity contribution >= 4 is 17.9 Å². The minimum absolute atomic E-state index is 0.246. The van der Waals surface area contributed by atoms with Crippen LogP contribution in [-0.4, -0.2) is 27.5 Å². The van der Waals surface area contributed by atoms with Gasteiger partial charge in [0.05, 0.1) is 17.6 Å². The van der Waals surface area contributed by atoms with Crippen molar-refractivity contribution in [1.82, 2.24) is 15.0 Å². The van der Waals surface area contributed by atoms with Crippen molar-refractivity contribution in [2.75, 3.05) is 0 Å². The molecule has 4 N–H and O–H groups in total. The molecule has 0 radical (unpaired) electrons. The number of aliphatic imine (C=N–C) groups is 1. The number of allylic oxidation sites excluding steroid dienone is 1. The number of benzene rings is 1. The van der Waals surface area contributed by atoms with E-state index in [1.165, 1.54) is 11.2 Å². The van der Waals surface area contributed by atoms with Crippen molar-refractivity contribution in [3.8, 4) is 0 Å². The summed E-state index contributed by atoms with van der Waals surface area (Å²) in [5, 5.41) is 9.41. The molecule has 0 spiro atoms. The molecule has 3 rings (SSSR count). The van der Waals surface area contributed by atoms with Crippen LogP contribution in [0.1, 0.15) is 11.1 Å². The molecule has 8 heteroatoms. The molecule has 0 bridgehead atoms. The quantitative estimate of drug-likeness (QED) is 0.661. The van der Waals surface area contributed by atoms with Crippen LogP contribution in [0.25, 0.3) is 5.70 Å². The number of hydrazine groups is 1. The van der Waals surface area contributed by atoms with Gasteiger partial charge >= 0.3 is 0 Å². The van der Waals surface area contributed by atoms with E-state index in [1.54, 1.807) is 18.5 Å². The number of nitrogens with two attached hydrogens (primary N) is 2. The van der Waals surface area contributed by atoms with Crippen molar-refractivity contribution in [2.24, 2.45) is 26.8 Å². The lowest BCUT2D eigenvalue weighted by molar-refractivity contribution is 0.306. The highest BCUT2D eigenvalue weighted by Gasteiger charge is 2.23. The Kier molecular flexibility index (Phi) is 4.07. The van der Waals surface area contributed by atoms with Gasteiger partial charge in [-0.25, -0.2) is 20.8 Å². The van der Waals surface area contributed by atoms with Gasteiger partial charge in [-0.15, -0.1) is 10.2 Å². The summed E-state index contributed by atoms with van der Waals surface area (Å²) in [5.41, 5.74) is 9.18. The van der Waals surface area contributed by atoms with E-state index in [0.29, 0.717) is 11.4 Å². The van der Waals surface area contributed by atoms with Crippen molar-refractivity contribution < 1.29 is 0 Å². The van der Waals surface area contributed by atoms with Gasteiger partial charge in [0.2, 0.25) is 6.29 Å². The second-order valence-electron chi connectivity index (χ2n) is 4.97. The van der Waals surface area contributed by atoms with Gasteiger partial charge in [-0.05, 0) is 13.0 Å². The molecular weight excluding hydrogens is 292 g/mol. The van der Waals surface area contributed by atoms with E-state index in [4.69, 9.17) is 11.6 Å². The highest BCUT2D eigenvalue weighted by molar-refractivity contribution is 5.90. The zero-order chi connectivity index (χ0) is 16.2. The average Bonchev–Trinajstić information content (AvgIpc) is 2.57. The van der Waals surface area contributed by atoms with Crippen LogP contribution < -0.4 is 11.6 Å². The highest BCUT2D eigenvalue weighted by Crippen LogP contribution is 2.25. The van der Waals surface area contributed by atoms with Gasteiger partial charge < -0.3 is 5.73 Å². The Morgan fingerprint density at radius 1 is 1.13 bits per heavy atom. The van der Waals surface area contributed by atoms with Crippen LogP contribution >= 0.6 is 0 Å². The fourth-order valence-corrected chi connectivity index (χ4v) is 2.10. The van der Waals surface area contributed by atoms with Crippen LogP contribution in [0.5, 0.6) is 0 Å². The van der Waals surface area contributed by atoms with Crippen molar-refractivity contribution in [3.05, 3.63) is 59.5 Å². The Hall–Kier alpha value is -3.13. The molecule has 1 aromatic carbocycles. The van der Waals surface area contributed by atoms with E-state index in [9.17, 15) is 0 Å². The Morgan fingerprint density at radius 3 is 2.52 bits per heavy atom. The molecule has 0 fully saturated rings. The first-order valence-electron chi connectivity index (χ1n) is 6.97. The summed E-state index contributed by atoms with van der Waals surface area (Å²) in [6.45, 7) is 2.01. The largest absolute Gasteiger partial charge is 0.396 e. The molecule has 2 aromatic rings. The van der Waals surface area contributed by atoms with Crippen molar-refractivity contribution in [1.29, 1.82) is 0 Å². The van der Waals surface area contributed by atoms with Crippen LogP contribution in [0.3, 0.4) is 0 Å². The minimum atomic E-state index is -0.720. The summed E-state index contributed by atoms with van der Waals surface area (Å²) in [7, 11) is 0. The molecule has 0 saturated heterocycles. The number of azo groups is 1. The van der Waals surface area contributed by atoms with Crippen LogP contribution in [0, 0.1) is 6.92 Å². The number of hydrogen-bond donors (Lipinski definition) is 2. The number of aryl methyl sites for hydroxylation is 1. The minimum Gasteiger partial charge on any atom is -0.396 e. The van der Waals surface area contributed by atoms with Crippen LogP contribution in [0.15, 0.2) is 63.6 Å². The highest BCUT2D eigenvalue weighted by atomic mass is 15.5. The van der Waals surface area contributed by atoms with Gasteiger partial charge in [-0.3, -0.25) is 5.01 Å². The molecule has 1 aliphatic heterocycles. The lowest BCUT2D eigenvalue weighted by Gasteiger charge is -2.29. The summed E-state index contributed by atoms with van der Waals surface area (Å²) < 4.78 is 0. The molecule has 0 saturated carbocycles. The smallest absolute Gasteiger partial charge is 0.268 e. The first kappa shape index (κ1) is 14.8. The van der Waals surface area contributed by atoms with E-state index < -0.39 is 6.29 Å². The molecule has 2 heterocycles. The fourth-order valence-electron chi connectivity index (χ4n) is 2.10. The van der Waals surface area contributed by atoms with Gasteiger partial charge in [0, 0.05) is 18.0 Å². The van der Waals surface area contributed by atoms with E-state index in [2.05, 4.69) is 25.2 Å². The van der Waals surface area contributed by atoms with Crippen LogP contribution in [0.4, 0.5) is 5.95 Å². The number of rotatable bonds is 3. The molecular formula is C15H16N8. The molecule has 1 atom stereocenters. The van der Waals surface area contributed by atoms with Gasteiger partial charge in [-0.1, -0.05) is 29.8 Å². The first-order chi connectivity index (χ1) is 11.1. The predicted octanol–water partition coefficient (Wildman–Crippen LogP) is 1.74. The van der Waals surface area contributed by atoms with Crippen LogP contribution in [-0.2, 0) is 0 Å². The van der Waals surface area contributed by atoms with E-state index >= 15 is 0 Å². The standard InChI is InChI=1S/C15H16N8/c1-10-3-5-11(6-4-10)13-12(16)9-20-15(23(13)17)22-21-14-18-7-2-8-19-14/h2-9,15H,16-17H2,1H3.